The molecule has 142 valence electrons. The molecule has 1 aromatic carbocycles. The highest BCUT2D eigenvalue weighted by Gasteiger charge is 2.18. The van der Waals surface area contributed by atoms with Crippen molar-refractivity contribution in [1.29, 1.82) is 5.26 Å². The molecular formula is C20H21N7O. The molecule has 0 aliphatic carbocycles. The standard InChI is InChI=1S/C20H21N7O/c1-12(2)8-16(19(22)28)26-18-11-24-17(10-21)20(27-18)25-14-5-6-15-13(9-14)4-3-7-23-15/h3-7,9,11-12,16H,8H2,1-2H3,(H2,22,28)(H2,25,26,27). The number of hydrogen-bond donors (Lipinski definition) is 3. The Balaban J connectivity index is 1.88. The molecule has 8 nitrogen and oxygen atoms in total. The zero-order valence-corrected chi connectivity index (χ0v) is 15.7. The van der Waals surface area contributed by atoms with Gasteiger partial charge in [0.05, 0.1) is 11.7 Å². The minimum atomic E-state index is -0.568. The van der Waals surface area contributed by atoms with Crippen LogP contribution in [0, 0.1) is 17.2 Å². The van der Waals surface area contributed by atoms with E-state index in [1.54, 1.807) is 6.20 Å². The zero-order chi connectivity index (χ0) is 20.1. The summed E-state index contributed by atoms with van der Waals surface area (Å²) < 4.78 is 0. The lowest BCUT2D eigenvalue weighted by atomic mass is 10.0. The first-order valence-electron chi connectivity index (χ1n) is 8.91. The third-order valence-electron chi connectivity index (χ3n) is 4.12. The fraction of sp³-hybridized carbons (Fsp3) is 0.250. The van der Waals surface area contributed by atoms with Gasteiger partial charge in [0.15, 0.2) is 11.5 Å². The van der Waals surface area contributed by atoms with Crippen LogP contribution < -0.4 is 16.4 Å². The van der Waals surface area contributed by atoms with Gasteiger partial charge in [-0.05, 0) is 36.6 Å². The molecule has 1 unspecified atom stereocenters. The maximum absolute atomic E-state index is 11.7. The highest BCUT2D eigenvalue weighted by atomic mass is 16.1. The number of benzene rings is 1. The van der Waals surface area contributed by atoms with Gasteiger partial charge in [0.25, 0.3) is 0 Å². The van der Waals surface area contributed by atoms with Gasteiger partial charge in [-0.25, -0.2) is 9.97 Å². The van der Waals surface area contributed by atoms with Crippen LogP contribution in [-0.2, 0) is 4.79 Å². The van der Waals surface area contributed by atoms with Crippen molar-refractivity contribution in [2.45, 2.75) is 26.3 Å². The van der Waals surface area contributed by atoms with Crippen LogP contribution in [0.5, 0.6) is 0 Å². The summed E-state index contributed by atoms with van der Waals surface area (Å²) in [7, 11) is 0. The Hall–Kier alpha value is -3.73. The van der Waals surface area contributed by atoms with E-state index in [0.29, 0.717) is 18.1 Å². The Bertz CT molecular complexity index is 1040. The van der Waals surface area contributed by atoms with Crippen LogP contribution in [0.1, 0.15) is 26.0 Å². The number of nitrogens with zero attached hydrogens (tertiary/aromatic N) is 4. The smallest absolute Gasteiger partial charge is 0.239 e. The van der Waals surface area contributed by atoms with Crippen molar-refractivity contribution in [2.75, 3.05) is 10.6 Å². The van der Waals surface area contributed by atoms with Crippen molar-refractivity contribution in [3.8, 4) is 6.07 Å². The number of anilines is 3. The molecule has 0 bridgehead atoms. The largest absolute Gasteiger partial charge is 0.368 e. The molecule has 2 aromatic heterocycles. The van der Waals surface area contributed by atoms with Gasteiger partial charge in [-0.2, -0.15) is 5.26 Å². The van der Waals surface area contributed by atoms with Crippen molar-refractivity contribution in [1.82, 2.24) is 15.0 Å². The summed E-state index contributed by atoms with van der Waals surface area (Å²) in [6, 6.07) is 10.9. The number of rotatable bonds is 7. The second kappa shape index (κ2) is 8.31. The Morgan fingerprint density at radius 1 is 1.29 bits per heavy atom. The van der Waals surface area contributed by atoms with Gasteiger partial charge in [0, 0.05) is 17.3 Å². The maximum Gasteiger partial charge on any atom is 0.239 e. The number of primary amides is 1. The molecular weight excluding hydrogens is 354 g/mol. The van der Waals surface area contributed by atoms with E-state index < -0.39 is 11.9 Å². The fourth-order valence-electron chi connectivity index (χ4n) is 2.81. The Morgan fingerprint density at radius 2 is 2.11 bits per heavy atom. The number of carbonyl (C=O) groups excluding carboxylic acids is 1. The summed E-state index contributed by atoms with van der Waals surface area (Å²) in [4.78, 5) is 24.5. The van der Waals surface area contributed by atoms with Gasteiger partial charge in [0.1, 0.15) is 17.9 Å². The lowest BCUT2D eigenvalue weighted by Crippen LogP contribution is -2.36. The van der Waals surface area contributed by atoms with Crippen LogP contribution in [-0.4, -0.2) is 26.9 Å². The van der Waals surface area contributed by atoms with E-state index in [1.165, 1.54) is 6.20 Å². The average molecular weight is 375 g/mol. The number of hydrogen-bond acceptors (Lipinski definition) is 7. The van der Waals surface area contributed by atoms with E-state index in [2.05, 4.69) is 25.6 Å². The SMILES string of the molecule is CC(C)CC(Nc1cnc(C#N)c(Nc2ccc3ncccc3c2)n1)C(N)=O. The van der Waals surface area contributed by atoms with Crippen LogP contribution in [0.15, 0.2) is 42.7 Å². The normalized spacial score (nSPS) is 11.8. The first-order chi connectivity index (χ1) is 13.5. The van der Waals surface area contributed by atoms with Gasteiger partial charge in [-0.15, -0.1) is 0 Å². The molecule has 28 heavy (non-hydrogen) atoms. The van der Waals surface area contributed by atoms with Crippen LogP contribution >= 0.6 is 0 Å². The predicted molar refractivity (Wildman–Crippen MR) is 108 cm³/mol. The summed E-state index contributed by atoms with van der Waals surface area (Å²) in [5.41, 5.74) is 7.25. The minimum Gasteiger partial charge on any atom is -0.368 e. The highest BCUT2D eigenvalue weighted by molar-refractivity contribution is 5.84. The first-order valence-corrected chi connectivity index (χ1v) is 8.91. The lowest BCUT2D eigenvalue weighted by molar-refractivity contribution is -0.119. The number of pyridine rings is 1. The zero-order valence-electron chi connectivity index (χ0n) is 15.7. The van der Waals surface area contributed by atoms with E-state index in [-0.39, 0.29) is 11.6 Å². The van der Waals surface area contributed by atoms with Crippen molar-refractivity contribution in [2.24, 2.45) is 11.7 Å². The second-order valence-electron chi connectivity index (χ2n) is 6.83. The summed E-state index contributed by atoms with van der Waals surface area (Å²) in [5, 5.41) is 16.4. The Morgan fingerprint density at radius 3 is 2.82 bits per heavy atom. The summed E-state index contributed by atoms with van der Waals surface area (Å²) in [6.07, 6.45) is 3.72. The number of nitrogens with two attached hydrogens (primary N) is 1. The van der Waals surface area contributed by atoms with E-state index in [1.807, 2.05) is 50.2 Å². The topological polar surface area (TPSA) is 130 Å². The van der Waals surface area contributed by atoms with Crippen molar-refractivity contribution in [3.63, 3.8) is 0 Å². The predicted octanol–water partition coefficient (Wildman–Crippen LogP) is 2.95. The third kappa shape index (κ3) is 4.51. The molecule has 3 rings (SSSR count). The number of carbonyl (C=O) groups is 1. The maximum atomic E-state index is 11.7. The van der Waals surface area contributed by atoms with E-state index in [4.69, 9.17) is 5.73 Å². The number of aromatic nitrogens is 3. The first kappa shape index (κ1) is 19.0. The van der Waals surface area contributed by atoms with Gasteiger partial charge in [-0.3, -0.25) is 9.78 Å². The second-order valence-corrected chi connectivity index (χ2v) is 6.83. The van der Waals surface area contributed by atoms with Gasteiger partial charge >= 0.3 is 0 Å². The van der Waals surface area contributed by atoms with Crippen molar-refractivity contribution in [3.05, 3.63) is 48.4 Å². The Labute approximate surface area is 162 Å². The average Bonchev–Trinajstić information content (AvgIpc) is 2.67. The molecule has 0 saturated carbocycles. The number of nitriles is 1. The number of nitrogens with one attached hydrogen (secondary N) is 2. The van der Waals surface area contributed by atoms with E-state index >= 15 is 0 Å². The van der Waals surface area contributed by atoms with Crippen molar-refractivity contribution >= 4 is 34.1 Å². The molecule has 8 heteroatoms. The summed E-state index contributed by atoms with van der Waals surface area (Å²) >= 11 is 0. The van der Waals surface area contributed by atoms with Gasteiger partial charge in [0.2, 0.25) is 5.91 Å². The van der Waals surface area contributed by atoms with Gasteiger partial charge < -0.3 is 16.4 Å². The number of amides is 1. The Kier molecular flexibility index (Phi) is 5.65. The number of fused-ring (bicyclic) bond motifs is 1. The van der Waals surface area contributed by atoms with E-state index in [9.17, 15) is 10.1 Å². The van der Waals surface area contributed by atoms with E-state index in [0.717, 1.165) is 16.6 Å². The molecule has 0 fully saturated rings. The van der Waals surface area contributed by atoms with Gasteiger partial charge in [-0.1, -0.05) is 19.9 Å². The molecule has 4 N–H and O–H groups in total. The fourth-order valence-corrected chi connectivity index (χ4v) is 2.81. The molecule has 0 saturated heterocycles. The monoisotopic (exact) mass is 375 g/mol. The minimum absolute atomic E-state index is 0.149. The van der Waals surface area contributed by atoms with Crippen LogP contribution in [0.4, 0.5) is 17.3 Å². The molecule has 1 amide bonds. The quantitative estimate of drug-likeness (QED) is 0.579. The van der Waals surface area contributed by atoms with Crippen LogP contribution in [0.3, 0.4) is 0 Å². The third-order valence-corrected chi connectivity index (χ3v) is 4.12. The molecule has 0 aliphatic rings. The highest BCUT2D eigenvalue weighted by Crippen LogP contribution is 2.23. The van der Waals surface area contributed by atoms with Crippen molar-refractivity contribution < 1.29 is 4.79 Å². The molecule has 3 aromatic rings. The summed E-state index contributed by atoms with van der Waals surface area (Å²) in [6.45, 7) is 4.01. The molecule has 0 radical (unpaired) electrons. The molecule has 2 heterocycles. The van der Waals surface area contributed by atoms with Crippen LogP contribution in [0.2, 0.25) is 0 Å². The molecule has 0 aliphatic heterocycles. The molecule has 0 spiro atoms. The molecule has 1 atom stereocenters. The lowest BCUT2D eigenvalue weighted by Gasteiger charge is -2.18. The summed E-state index contributed by atoms with van der Waals surface area (Å²) in [5.74, 6) is 0.480. The van der Waals surface area contributed by atoms with Crippen LogP contribution in [0.25, 0.3) is 10.9 Å².